The zero-order valence-corrected chi connectivity index (χ0v) is 10.2. The molecule has 1 fully saturated rings. The van der Waals surface area contributed by atoms with Gasteiger partial charge in [-0.1, -0.05) is 0 Å². The second-order valence-corrected chi connectivity index (χ2v) is 4.67. The lowest BCUT2D eigenvalue weighted by Gasteiger charge is -2.22. The molecule has 0 bridgehead atoms. The van der Waals surface area contributed by atoms with Gasteiger partial charge in [-0.15, -0.1) is 0 Å². The van der Waals surface area contributed by atoms with Crippen molar-refractivity contribution in [2.75, 3.05) is 26.3 Å². The van der Waals surface area contributed by atoms with Crippen molar-refractivity contribution < 1.29 is 17.9 Å². The summed E-state index contributed by atoms with van der Waals surface area (Å²) in [5.41, 5.74) is 0. The fourth-order valence-corrected chi connectivity index (χ4v) is 2.12. The number of ether oxygens (including phenoxy) is 1. The van der Waals surface area contributed by atoms with Crippen molar-refractivity contribution in [3.05, 3.63) is 0 Å². The van der Waals surface area contributed by atoms with Gasteiger partial charge in [0.05, 0.1) is 0 Å². The summed E-state index contributed by atoms with van der Waals surface area (Å²) in [6.07, 6.45) is -0.156. The van der Waals surface area contributed by atoms with Gasteiger partial charge >= 0.3 is 6.18 Å². The number of rotatable bonds is 7. The van der Waals surface area contributed by atoms with E-state index in [9.17, 15) is 13.2 Å². The highest BCUT2D eigenvalue weighted by Gasteiger charge is 2.25. The van der Waals surface area contributed by atoms with Crippen LogP contribution in [0.25, 0.3) is 0 Å². The minimum absolute atomic E-state index is 0.0802. The van der Waals surface area contributed by atoms with Gasteiger partial charge < -0.3 is 10.1 Å². The molecule has 0 saturated carbocycles. The molecule has 17 heavy (non-hydrogen) atoms. The monoisotopic (exact) mass is 253 g/mol. The predicted octanol–water partition coefficient (Wildman–Crippen LogP) is 3.13. The van der Waals surface area contributed by atoms with Gasteiger partial charge in [-0.25, -0.2) is 0 Å². The Morgan fingerprint density at radius 1 is 1.06 bits per heavy atom. The number of nitrogens with one attached hydrogen (secondary N) is 1. The summed E-state index contributed by atoms with van der Waals surface area (Å²) in [5.74, 6) is 0.773. The van der Waals surface area contributed by atoms with Gasteiger partial charge in [-0.3, -0.25) is 0 Å². The molecule has 0 aromatic rings. The highest BCUT2D eigenvalue weighted by molar-refractivity contribution is 4.68. The van der Waals surface area contributed by atoms with E-state index in [0.717, 1.165) is 31.8 Å². The van der Waals surface area contributed by atoms with Crippen LogP contribution in [-0.2, 0) is 4.74 Å². The second kappa shape index (κ2) is 7.93. The van der Waals surface area contributed by atoms with Crippen LogP contribution in [0.15, 0.2) is 0 Å². The van der Waals surface area contributed by atoms with Crippen LogP contribution < -0.4 is 5.32 Å². The minimum Gasteiger partial charge on any atom is -0.381 e. The van der Waals surface area contributed by atoms with E-state index in [4.69, 9.17) is 4.74 Å². The first-order chi connectivity index (χ1) is 8.08. The summed E-state index contributed by atoms with van der Waals surface area (Å²) in [4.78, 5) is 0. The summed E-state index contributed by atoms with van der Waals surface area (Å²) >= 11 is 0. The first-order valence-electron chi connectivity index (χ1n) is 6.43. The van der Waals surface area contributed by atoms with E-state index in [1.807, 2.05) is 0 Å². The molecule has 1 N–H and O–H groups in total. The molecule has 102 valence electrons. The fraction of sp³-hybridized carbons (Fsp3) is 1.00. The van der Waals surface area contributed by atoms with Crippen LogP contribution in [0.5, 0.6) is 0 Å². The van der Waals surface area contributed by atoms with Gasteiger partial charge in [0.15, 0.2) is 0 Å². The number of hydrogen-bond donors (Lipinski definition) is 1. The van der Waals surface area contributed by atoms with E-state index in [-0.39, 0.29) is 13.0 Å². The molecule has 1 heterocycles. The molecule has 1 aliphatic rings. The van der Waals surface area contributed by atoms with Crippen molar-refractivity contribution in [1.82, 2.24) is 5.32 Å². The number of hydrogen-bond acceptors (Lipinski definition) is 2. The molecule has 0 spiro atoms. The lowest BCUT2D eigenvalue weighted by atomic mass is 9.93. The Labute approximate surface area is 101 Å². The summed E-state index contributed by atoms with van der Waals surface area (Å²) < 4.78 is 40.6. The summed E-state index contributed by atoms with van der Waals surface area (Å²) in [5, 5.41) is 3.31. The van der Waals surface area contributed by atoms with E-state index < -0.39 is 12.6 Å². The highest BCUT2D eigenvalue weighted by atomic mass is 19.4. The second-order valence-electron chi connectivity index (χ2n) is 4.67. The Bertz CT molecular complexity index is 191. The van der Waals surface area contributed by atoms with E-state index in [1.54, 1.807) is 0 Å². The Balaban J connectivity index is 1.84. The van der Waals surface area contributed by atoms with Crippen molar-refractivity contribution >= 4 is 0 Å². The Kier molecular flexibility index (Phi) is 6.89. The molecule has 1 rings (SSSR count). The topological polar surface area (TPSA) is 21.3 Å². The lowest BCUT2D eigenvalue weighted by molar-refractivity contribution is -0.137. The minimum atomic E-state index is -4.04. The third-order valence-corrected chi connectivity index (χ3v) is 3.11. The third-order valence-electron chi connectivity index (χ3n) is 3.11. The Morgan fingerprint density at radius 2 is 1.71 bits per heavy atom. The number of piperidine rings is 1. The molecule has 0 aromatic carbocycles. The van der Waals surface area contributed by atoms with Crippen LogP contribution in [0.1, 0.15) is 38.5 Å². The van der Waals surface area contributed by atoms with Gasteiger partial charge in [0.1, 0.15) is 0 Å². The molecule has 0 aromatic heterocycles. The maximum atomic E-state index is 11.8. The molecule has 5 heteroatoms. The predicted molar refractivity (Wildman–Crippen MR) is 60.9 cm³/mol. The van der Waals surface area contributed by atoms with Crippen LogP contribution in [0.2, 0.25) is 0 Å². The van der Waals surface area contributed by atoms with E-state index in [0.29, 0.717) is 6.61 Å². The van der Waals surface area contributed by atoms with E-state index in [1.165, 1.54) is 12.8 Å². The molecule has 2 nitrogen and oxygen atoms in total. The molecule has 0 aliphatic carbocycles. The van der Waals surface area contributed by atoms with Crippen molar-refractivity contribution in [3.63, 3.8) is 0 Å². The largest absolute Gasteiger partial charge is 0.389 e. The molecular formula is C12H22F3NO. The number of alkyl halides is 3. The first kappa shape index (κ1) is 14.8. The quantitative estimate of drug-likeness (QED) is 0.704. The van der Waals surface area contributed by atoms with Crippen molar-refractivity contribution in [2.24, 2.45) is 5.92 Å². The van der Waals surface area contributed by atoms with E-state index >= 15 is 0 Å². The molecule has 0 atom stereocenters. The zero-order valence-electron chi connectivity index (χ0n) is 10.2. The average Bonchev–Trinajstić information content (AvgIpc) is 2.28. The van der Waals surface area contributed by atoms with Gasteiger partial charge in [0.2, 0.25) is 0 Å². The van der Waals surface area contributed by atoms with Gasteiger partial charge in [-0.05, 0) is 51.1 Å². The molecule has 0 amide bonds. The highest BCUT2D eigenvalue weighted by Crippen LogP contribution is 2.21. The molecular weight excluding hydrogens is 231 g/mol. The van der Waals surface area contributed by atoms with Crippen LogP contribution in [0, 0.1) is 5.92 Å². The Hall–Kier alpha value is -0.290. The zero-order chi connectivity index (χ0) is 12.6. The van der Waals surface area contributed by atoms with Crippen LogP contribution in [0.3, 0.4) is 0 Å². The molecule has 1 aliphatic heterocycles. The summed E-state index contributed by atoms with van der Waals surface area (Å²) in [6.45, 7) is 3.02. The lowest BCUT2D eigenvalue weighted by Crippen LogP contribution is -2.27. The first-order valence-corrected chi connectivity index (χ1v) is 6.43. The van der Waals surface area contributed by atoms with Gasteiger partial charge in [0.25, 0.3) is 0 Å². The Morgan fingerprint density at radius 3 is 2.35 bits per heavy atom. The van der Waals surface area contributed by atoms with Crippen molar-refractivity contribution in [2.45, 2.75) is 44.7 Å². The van der Waals surface area contributed by atoms with Gasteiger partial charge in [-0.2, -0.15) is 13.2 Å². The molecule has 1 saturated heterocycles. The SMILES string of the molecule is FC(F)(F)CCCOCCCC1CCNCC1. The standard InChI is InChI=1S/C12H22F3NO/c13-12(14,15)6-2-10-17-9-1-3-11-4-7-16-8-5-11/h11,16H,1-10H2. The molecule has 0 radical (unpaired) electrons. The van der Waals surface area contributed by atoms with Crippen LogP contribution >= 0.6 is 0 Å². The van der Waals surface area contributed by atoms with Gasteiger partial charge in [0, 0.05) is 19.6 Å². The van der Waals surface area contributed by atoms with Crippen LogP contribution in [0.4, 0.5) is 13.2 Å². The third kappa shape index (κ3) is 8.44. The summed E-state index contributed by atoms with van der Waals surface area (Å²) in [7, 11) is 0. The molecule has 0 unspecified atom stereocenters. The maximum Gasteiger partial charge on any atom is 0.389 e. The maximum absolute atomic E-state index is 11.8. The number of halogens is 3. The smallest absolute Gasteiger partial charge is 0.381 e. The van der Waals surface area contributed by atoms with Crippen LogP contribution in [-0.4, -0.2) is 32.5 Å². The summed E-state index contributed by atoms with van der Waals surface area (Å²) in [6, 6.07) is 0. The average molecular weight is 253 g/mol. The fourth-order valence-electron chi connectivity index (χ4n) is 2.12. The van der Waals surface area contributed by atoms with E-state index in [2.05, 4.69) is 5.32 Å². The van der Waals surface area contributed by atoms with Crippen molar-refractivity contribution in [1.29, 1.82) is 0 Å². The van der Waals surface area contributed by atoms with Crippen molar-refractivity contribution in [3.8, 4) is 0 Å². The normalized spacial score (nSPS) is 18.5.